The van der Waals surface area contributed by atoms with E-state index >= 15 is 0 Å². The molecule has 1 aliphatic rings. The summed E-state index contributed by atoms with van der Waals surface area (Å²) in [5.74, 6) is -0.463. The number of methoxy groups -OCH3 is 2. The van der Waals surface area contributed by atoms with E-state index in [9.17, 15) is 14.4 Å². The monoisotopic (exact) mass is 459 g/mol. The molecular formula is C23H26ClN3O5. The first-order valence-electron chi connectivity index (χ1n) is 10.1. The maximum Gasteiger partial charge on any atom is 0.258 e. The molecule has 0 atom stereocenters. The van der Waals surface area contributed by atoms with Crippen LogP contribution in [0.5, 0.6) is 5.75 Å². The van der Waals surface area contributed by atoms with Gasteiger partial charge in [0.15, 0.2) is 0 Å². The summed E-state index contributed by atoms with van der Waals surface area (Å²) in [7, 11) is 3.01. The van der Waals surface area contributed by atoms with Crippen LogP contribution in [0, 0.1) is 6.92 Å². The summed E-state index contributed by atoms with van der Waals surface area (Å²) >= 11 is 6.19. The molecule has 0 aliphatic carbocycles. The molecule has 9 heteroatoms. The molecule has 32 heavy (non-hydrogen) atoms. The van der Waals surface area contributed by atoms with Gasteiger partial charge in [0.05, 0.1) is 19.3 Å². The summed E-state index contributed by atoms with van der Waals surface area (Å²) in [6.07, 6.45) is 0. The van der Waals surface area contributed by atoms with Crippen LogP contribution in [0.4, 0.5) is 5.69 Å². The number of nitrogens with zero attached hydrogens (tertiary/aromatic N) is 3. The van der Waals surface area contributed by atoms with Crippen molar-refractivity contribution < 1.29 is 23.9 Å². The molecule has 2 aromatic rings. The van der Waals surface area contributed by atoms with E-state index in [1.807, 2.05) is 6.92 Å². The van der Waals surface area contributed by atoms with Gasteiger partial charge in [0.2, 0.25) is 11.8 Å². The lowest BCUT2D eigenvalue weighted by molar-refractivity contribution is -0.132. The van der Waals surface area contributed by atoms with Gasteiger partial charge in [-0.15, -0.1) is 0 Å². The van der Waals surface area contributed by atoms with Gasteiger partial charge in [-0.3, -0.25) is 19.3 Å². The molecule has 0 bridgehead atoms. The molecule has 1 fully saturated rings. The Morgan fingerprint density at radius 3 is 2.59 bits per heavy atom. The van der Waals surface area contributed by atoms with Crippen molar-refractivity contribution >= 4 is 35.0 Å². The van der Waals surface area contributed by atoms with E-state index in [4.69, 9.17) is 21.1 Å². The van der Waals surface area contributed by atoms with E-state index in [1.165, 1.54) is 28.9 Å². The predicted octanol–water partition coefficient (Wildman–Crippen LogP) is 2.58. The number of hydrogen-bond acceptors (Lipinski definition) is 5. The van der Waals surface area contributed by atoms with E-state index in [0.29, 0.717) is 22.0 Å². The molecule has 2 aromatic carbocycles. The van der Waals surface area contributed by atoms with Crippen LogP contribution in [0.15, 0.2) is 42.5 Å². The van der Waals surface area contributed by atoms with Crippen LogP contribution in [0.2, 0.25) is 5.02 Å². The molecule has 0 spiro atoms. The first-order valence-corrected chi connectivity index (χ1v) is 10.5. The maximum absolute atomic E-state index is 13.1. The fraction of sp³-hybridized carbons (Fsp3) is 0.348. The second kappa shape index (κ2) is 10.5. The largest absolute Gasteiger partial charge is 0.496 e. The van der Waals surface area contributed by atoms with Crippen molar-refractivity contribution in [3.05, 3.63) is 58.6 Å². The lowest BCUT2D eigenvalue weighted by Crippen LogP contribution is -2.44. The Morgan fingerprint density at radius 2 is 1.88 bits per heavy atom. The fourth-order valence-corrected chi connectivity index (χ4v) is 3.69. The topological polar surface area (TPSA) is 79.4 Å². The van der Waals surface area contributed by atoms with Crippen LogP contribution in [-0.2, 0) is 14.3 Å². The number of hydrogen-bond donors (Lipinski definition) is 0. The number of rotatable bonds is 8. The normalized spacial score (nSPS) is 13.4. The third-order valence-electron chi connectivity index (χ3n) is 5.34. The zero-order valence-corrected chi connectivity index (χ0v) is 19.1. The summed E-state index contributed by atoms with van der Waals surface area (Å²) in [5, 5.41) is 0.549. The molecule has 0 saturated carbocycles. The molecule has 8 nitrogen and oxygen atoms in total. The first-order chi connectivity index (χ1) is 15.4. The number of benzene rings is 2. The Kier molecular flexibility index (Phi) is 7.71. The Bertz CT molecular complexity index is 1010. The maximum atomic E-state index is 13.1. The Balaban J connectivity index is 1.76. The van der Waals surface area contributed by atoms with E-state index in [0.717, 1.165) is 5.56 Å². The molecule has 3 rings (SSSR count). The molecule has 0 radical (unpaired) electrons. The second-order valence-corrected chi connectivity index (χ2v) is 7.77. The summed E-state index contributed by atoms with van der Waals surface area (Å²) in [6, 6.07) is 12.1. The zero-order valence-electron chi connectivity index (χ0n) is 18.3. The molecule has 1 saturated heterocycles. The van der Waals surface area contributed by atoms with E-state index in [1.54, 1.807) is 42.5 Å². The highest BCUT2D eigenvalue weighted by Gasteiger charge is 2.34. The number of para-hydroxylation sites is 1. The van der Waals surface area contributed by atoms with Gasteiger partial charge >= 0.3 is 0 Å². The van der Waals surface area contributed by atoms with Gasteiger partial charge in [-0.2, -0.15) is 0 Å². The average molecular weight is 460 g/mol. The van der Waals surface area contributed by atoms with Crippen LogP contribution in [-0.4, -0.2) is 74.7 Å². The Hall–Kier alpha value is -3.10. The van der Waals surface area contributed by atoms with Crippen molar-refractivity contribution in [3.8, 4) is 5.75 Å². The quantitative estimate of drug-likeness (QED) is 0.606. The molecule has 0 N–H and O–H groups in total. The second-order valence-electron chi connectivity index (χ2n) is 7.36. The third-order valence-corrected chi connectivity index (χ3v) is 5.75. The number of carbonyl (C=O) groups excluding carboxylic acids is 3. The lowest BCUT2D eigenvalue weighted by atomic mass is 10.1. The number of anilines is 1. The van der Waals surface area contributed by atoms with Gasteiger partial charge < -0.3 is 19.3 Å². The van der Waals surface area contributed by atoms with Crippen molar-refractivity contribution in [3.63, 3.8) is 0 Å². The van der Waals surface area contributed by atoms with E-state index < -0.39 is 0 Å². The molecule has 170 valence electrons. The van der Waals surface area contributed by atoms with Gasteiger partial charge in [0, 0.05) is 24.4 Å². The van der Waals surface area contributed by atoms with Gasteiger partial charge in [0.1, 0.15) is 25.5 Å². The predicted molar refractivity (Wildman–Crippen MR) is 121 cm³/mol. The first kappa shape index (κ1) is 23.6. The van der Waals surface area contributed by atoms with Crippen molar-refractivity contribution in [1.82, 2.24) is 9.80 Å². The van der Waals surface area contributed by atoms with E-state index in [-0.39, 0.29) is 50.6 Å². The van der Waals surface area contributed by atoms with Gasteiger partial charge in [-0.1, -0.05) is 29.8 Å². The highest BCUT2D eigenvalue weighted by Crippen LogP contribution is 2.29. The van der Waals surface area contributed by atoms with Gasteiger partial charge in [-0.05, 0) is 36.8 Å². The third kappa shape index (κ3) is 5.03. The van der Waals surface area contributed by atoms with Crippen molar-refractivity contribution in [1.29, 1.82) is 0 Å². The van der Waals surface area contributed by atoms with Crippen LogP contribution in [0.1, 0.15) is 15.9 Å². The molecule has 0 unspecified atom stereocenters. The zero-order chi connectivity index (χ0) is 23.3. The minimum atomic E-state index is -0.346. The smallest absolute Gasteiger partial charge is 0.258 e. The summed E-state index contributed by atoms with van der Waals surface area (Å²) in [4.78, 5) is 43.2. The van der Waals surface area contributed by atoms with Gasteiger partial charge in [-0.25, -0.2) is 0 Å². The van der Waals surface area contributed by atoms with Crippen LogP contribution >= 0.6 is 11.6 Å². The minimum Gasteiger partial charge on any atom is -0.496 e. The average Bonchev–Trinajstić information content (AvgIpc) is 3.19. The standard InChI is InChI=1S/C23H26ClN3O5/c1-16-18(24)8-6-9-19(16)27-15-26(14-22(27)29)21(28)13-25(11-12-31-2)23(30)17-7-4-5-10-20(17)32-3/h4-10H,11-15H2,1-3H3. The van der Waals surface area contributed by atoms with Crippen LogP contribution < -0.4 is 9.64 Å². The minimum absolute atomic E-state index is 0.0637. The lowest BCUT2D eigenvalue weighted by Gasteiger charge is -2.25. The Labute approximate surface area is 192 Å². The van der Waals surface area contributed by atoms with Crippen LogP contribution in [0.25, 0.3) is 0 Å². The number of carbonyl (C=O) groups is 3. The summed E-state index contributed by atoms with van der Waals surface area (Å²) in [6.45, 7) is 2.16. The number of amides is 3. The molecule has 1 aliphatic heterocycles. The molecule has 3 amide bonds. The summed E-state index contributed by atoms with van der Waals surface area (Å²) < 4.78 is 10.4. The summed E-state index contributed by atoms with van der Waals surface area (Å²) in [5.41, 5.74) is 1.79. The van der Waals surface area contributed by atoms with E-state index in [2.05, 4.69) is 0 Å². The fourth-order valence-electron chi connectivity index (χ4n) is 3.52. The molecular weight excluding hydrogens is 434 g/mol. The Morgan fingerprint density at radius 1 is 1.12 bits per heavy atom. The van der Waals surface area contributed by atoms with Crippen molar-refractivity contribution in [2.24, 2.45) is 0 Å². The van der Waals surface area contributed by atoms with Crippen LogP contribution in [0.3, 0.4) is 0 Å². The number of ether oxygens (including phenoxy) is 2. The molecule has 0 aromatic heterocycles. The van der Waals surface area contributed by atoms with Gasteiger partial charge in [0.25, 0.3) is 5.91 Å². The highest BCUT2D eigenvalue weighted by atomic mass is 35.5. The van der Waals surface area contributed by atoms with Crippen molar-refractivity contribution in [2.75, 3.05) is 52.0 Å². The SMILES string of the molecule is COCCN(CC(=O)N1CC(=O)N(c2cccc(Cl)c2C)C1)C(=O)c1ccccc1OC. The number of halogens is 1. The molecule has 1 heterocycles. The van der Waals surface area contributed by atoms with Crippen molar-refractivity contribution in [2.45, 2.75) is 6.92 Å². The highest BCUT2D eigenvalue weighted by molar-refractivity contribution is 6.31.